The van der Waals surface area contributed by atoms with Crippen molar-refractivity contribution in [1.82, 2.24) is 10.6 Å². The molecular weight excluding hydrogens is 364 g/mol. The maximum absolute atomic E-state index is 5.68. The van der Waals surface area contributed by atoms with Crippen molar-refractivity contribution in [2.24, 2.45) is 4.99 Å². The van der Waals surface area contributed by atoms with Crippen LogP contribution < -0.4 is 20.3 Å². The zero-order chi connectivity index (χ0) is 20.5. The van der Waals surface area contributed by atoms with Crippen LogP contribution in [-0.4, -0.2) is 52.5 Å². The largest absolute Gasteiger partial charge is 0.491 e. The van der Waals surface area contributed by atoms with Crippen molar-refractivity contribution in [3.05, 3.63) is 59.7 Å². The number of hydrogen-bond acceptors (Lipinski definition) is 4. The molecule has 2 aromatic rings. The Hall–Kier alpha value is -2.73. The van der Waals surface area contributed by atoms with Gasteiger partial charge >= 0.3 is 0 Å². The van der Waals surface area contributed by atoms with Crippen LogP contribution in [0.15, 0.2) is 53.5 Å². The fraction of sp³-hybridized carbons (Fsp3) is 0.435. The predicted molar refractivity (Wildman–Crippen MR) is 119 cm³/mol. The summed E-state index contributed by atoms with van der Waals surface area (Å²) in [5.74, 6) is 1.68. The normalized spacial score (nSPS) is 16.7. The van der Waals surface area contributed by atoms with Crippen LogP contribution in [0, 0.1) is 6.92 Å². The summed E-state index contributed by atoms with van der Waals surface area (Å²) in [5.41, 5.74) is 3.73. The van der Waals surface area contributed by atoms with Gasteiger partial charge < -0.3 is 25.0 Å². The van der Waals surface area contributed by atoms with Gasteiger partial charge in [0.25, 0.3) is 0 Å². The minimum Gasteiger partial charge on any atom is -0.491 e. The molecule has 1 atom stereocenters. The number of aliphatic imine (C=N–C) groups is 1. The Balaban J connectivity index is 1.47. The first-order valence-corrected chi connectivity index (χ1v) is 10.2. The first-order valence-electron chi connectivity index (χ1n) is 10.2. The summed E-state index contributed by atoms with van der Waals surface area (Å²) < 4.78 is 10.7. The Labute approximate surface area is 173 Å². The van der Waals surface area contributed by atoms with Crippen molar-refractivity contribution < 1.29 is 9.47 Å². The number of anilines is 1. The van der Waals surface area contributed by atoms with Crippen LogP contribution in [0.3, 0.4) is 0 Å². The zero-order valence-corrected chi connectivity index (χ0v) is 17.6. The number of rotatable bonds is 8. The molecule has 6 nitrogen and oxygen atoms in total. The Bertz CT molecular complexity index is 792. The summed E-state index contributed by atoms with van der Waals surface area (Å²) in [7, 11) is 3.49. The van der Waals surface area contributed by atoms with Crippen molar-refractivity contribution in [3.8, 4) is 5.75 Å². The van der Waals surface area contributed by atoms with Gasteiger partial charge in [0.05, 0.1) is 6.61 Å². The number of hydrogen-bond donors (Lipinski definition) is 2. The topological polar surface area (TPSA) is 58.1 Å². The van der Waals surface area contributed by atoms with E-state index in [1.807, 2.05) is 25.2 Å². The molecule has 0 amide bonds. The van der Waals surface area contributed by atoms with E-state index in [-0.39, 0.29) is 0 Å². The fourth-order valence-corrected chi connectivity index (χ4v) is 3.43. The molecule has 0 saturated carbocycles. The maximum Gasteiger partial charge on any atom is 0.191 e. The number of nitrogens with one attached hydrogen (secondary N) is 2. The Morgan fingerprint density at radius 1 is 1.17 bits per heavy atom. The second-order valence-electron chi connectivity index (χ2n) is 7.33. The molecule has 156 valence electrons. The molecule has 0 aromatic heterocycles. The molecule has 2 aromatic carbocycles. The number of nitrogens with zero attached hydrogens (tertiary/aromatic N) is 2. The third kappa shape index (κ3) is 6.39. The van der Waals surface area contributed by atoms with Gasteiger partial charge in [0.15, 0.2) is 5.96 Å². The average molecular weight is 397 g/mol. The highest BCUT2D eigenvalue weighted by Crippen LogP contribution is 2.20. The third-order valence-corrected chi connectivity index (χ3v) is 5.07. The third-order valence-electron chi connectivity index (χ3n) is 5.07. The molecule has 2 N–H and O–H groups in total. The standard InChI is InChI=1S/C23H32N4O2/c1-18-7-9-21(10-8-18)27-12-11-20(17-27)26-23(24-2)25-16-19-5-4-6-22(15-19)29-14-13-28-3/h4-10,15,20H,11-14,16-17H2,1-3H3,(H2,24,25,26). The molecular formula is C23H32N4O2. The van der Waals surface area contributed by atoms with Crippen molar-refractivity contribution in [3.63, 3.8) is 0 Å². The Morgan fingerprint density at radius 2 is 2.00 bits per heavy atom. The zero-order valence-electron chi connectivity index (χ0n) is 17.6. The van der Waals surface area contributed by atoms with Gasteiger partial charge in [-0.15, -0.1) is 0 Å². The predicted octanol–water partition coefficient (Wildman–Crippen LogP) is 2.96. The molecule has 3 rings (SSSR count). The monoisotopic (exact) mass is 396 g/mol. The quantitative estimate of drug-likeness (QED) is 0.408. The molecule has 1 unspecified atom stereocenters. The van der Waals surface area contributed by atoms with E-state index in [1.165, 1.54) is 11.3 Å². The van der Waals surface area contributed by atoms with Gasteiger partial charge in [-0.05, 0) is 43.2 Å². The van der Waals surface area contributed by atoms with Crippen LogP contribution in [0.5, 0.6) is 5.75 Å². The van der Waals surface area contributed by atoms with Crippen molar-refractivity contribution in [1.29, 1.82) is 0 Å². The van der Waals surface area contributed by atoms with Crippen LogP contribution in [0.4, 0.5) is 5.69 Å². The fourth-order valence-electron chi connectivity index (χ4n) is 3.43. The molecule has 1 heterocycles. The molecule has 0 radical (unpaired) electrons. The SMILES string of the molecule is CN=C(NCc1cccc(OCCOC)c1)NC1CCN(c2ccc(C)cc2)C1. The first-order chi connectivity index (χ1) is 14.2. The maximum atomic E-state index is 5.68. The lowest BCUT2D eigenvalue weighted by Gasteiger charge is -2.20. The molecule has 1 aliphatic heterocycles. The van der Waals surface area contributed by atoms with Gasteiger partial charge in [0.1, 0.15) is 12.4 Å². The molecule has 0 spiro atoms. The minimum atomic E-state index is 0.381. The van der Waals surface area contributed by atoms with E-state index in [1.54, 1.807) is 7.11 Å². The van der Waals surface area contributed by atoms with E-state index < -0.39 is 0 Å². The van der Waals surface area contributed by atoms with Crippen molar-refractivity contribution >= 4 is 11.6 Å². The summed E-state index contributed by atoms with van der Waals surface area (Å²) in [6.07, 6.45) is 1.09. The van der Waals surface area contributed by atoms with E-state index in [0.29, 0.717) is 25.8 Å². The van der Waals surface area contributed by atoms with Crippen molar-refractivity contribution in [2.45, 2.75) is 25.9 Å². The van der Waals surface area contributed by atoms with Gasteiger partial charge in [0, 0.05) is 45.5 Å². The van der Waals surface area contributed by atoms with E-state index >= 15 is 0 Å². The summed E-state index contributed by atoms with van der Waals surface area (Å²) in [4.78, 5) is 6.81. The van der Waals surface area contributed by atoms with Gasteiger partial charge in [-0.3, -0.25) is 4.99 Å². The second kappa shape index (κ2) is 10.7. The number of benzene rings is 2. The molecule has 1 aliphatic rings. The number of ether oxygens (including phenoxy) is 2. The van der Waals surface area contributed by atoms with E-state index in [0.717, 1.165) is 36.8 Å². The summed E-state index contributed by atoms with van der Waals surface area (Å²) in [6, 6.07) is 17.2. The van der Waals surface area contributed by atoms with Crippen molar-refractivity contribution in [2.75, 3.05) is 45.4 Å². The summed E-state index contributed by atoms with van der Waals surface area (Å²) >= 11 is 0. The lowest BCUT2D eigenvalue weighted by atomic mass is 10.2. The Morgan fingerprint density at radius 3 is 2.76 bits per heavy atom. The highest BCUT2D eigenvalue weighted by molar-refractivity contribution is 5.80. The van der Waals surface area contributed by atoms with Crippen LogP contribution in [0.25, 0.3) is 0 Å². The van der Waals surface area contributed by atoms with Crippen LogP contribution >= 0.6 is 0 Å². The van der Waals surface area contributed by atoms with E-state index in [9.17, 15) is 0 Å². The lowest BCUT2D eigenvalue weighted by Crippen LogP contribution is -2.44. The minimum absolute atomic E-state index is 0.381. The molecule has 1 fully saturated rings. The number of methoxy groups -OCH3 is 1. The smallest absolute Gasteiger partial charge is 0.191 e. The van der Waals surface area contributed by atoms with Gasteiger partial charge in [-0.25, -0.2) is 0 Å². The van der Waals surface area contributed by atoms with E-state index in [4.69, 9.17) is 9.47 Å². The van der Waals surface area contributed by atoms with E-state index in [2.05, 4.69) is 57.8 Å². The average Bonchev–Trinajstić information content (AvgIpc) is 3.20. The number of aryl methyl sites for hydroxylation is 1. The van der Waals surface area contributed by atoms with Crippen LogP contribution in [-0.2, 0) is 11.3 Å². The molecule has 1 saturated heterocycles. The second-order valence-corrected chi connectivity index (χ2v) is 7.33. The molecule has 0 aliphatic carbocycles. The highest BCUT2D eigenvalue weighted by Gasteiger charge is 2.23. The Kier molecular flexibility index (Phi) is 7.76. The first kappa shape index (κ1) is 21.0. The highest BCUT2D eigenvalue weighted by atomic mass is 16.5. The van der Waals surface area contributed by atoms with Crippen LogP contribution in [0.2, 0.25) is 0 Å². The summed E-state index contributed by atoms with van der Waals surface area (Å²) in [6.45, 7) is 5.98. The molecule has 6 heteroatoms. The van der Waals surface area contributed by atoms with Gasteiger partial charge in [0.2, 0.25) is 0 Å². The summed E-state index contributed by atoms with van der Waals surface area (Å²) in [5, 5.41) is 6.96. The van der Waals surface area contributed by atoms with Gasteiger partial charge in [-0.1, -0.05) is 29.8 Å². The molecule has 0 bridgehead atoms. The van der Waals surface area contributed by atoms with Crippen LogP contribution in [0.1, 0.15) is 17.5 Å². The lowest BCUT2D eigenvalue weighted by molar-refractivity contribution is 0.146. The number of guanidine groups is 1. The molecule has 29 heavy (non-hydrogen) atoms. The van der Waals surface area contributed by atoms with Gasteiger partial charge in [-0.2, -0.15) is 0 Å².